The van der Waals surface area contributed by atoms with Gasteiger partial charge in [-0.15, -0.1) is 12.4 Å². The molecule has 0 rings (SSSR count). The van der Waals surface area contributed by atoms with Crippen molar-refractivity contribution >= 4 is 21.2 Å². The van der Waals surface area contributed by atoms with Crippen LogP contribution >= 0.6 is 12.4 Å². The Hall–Kier alpha value is 0.267. The highest BCUT2D eigenvalue weighted by Gasteiger charge is 2.37. The molecule has 0 spiro atoms. The zero-order chi connectivity index (χ0) is 24.8. The van der Waals surface area contributed by atoms with Crippen LogP contribution in [0.4, 0.5) is 0 Å². The number of methoxy groups -OCH3 is 2. The van der Waals surface area contributed by atoms with Crippen LogP contribution in [-0.2, 0) is 22.8 Å². The Morgan fingerprint density at radius 1 is 0.618 bits per heavy atom. The van der Waals surface area contributed by atoms with E-state index in [0.29, 0.717) is 12.3 Å². The lowest BCUT2D eigenvalue weighted by molar-refractivity contribution is -0.213. The standard InChI is InChI=1S/C26H57NO5Si.ClH/c1-7-8-9-10-11-12-13-14-15-16-17-18-19-21-25(24-26(27,28-2)29-3)22-20-23-33(30-4,31-5)32-6;/h25H,7-24,27H2,1-6H3;1H. The van der Waals surface area contributed by atoms with Crippen molar-refractivity contribution in [2.75, 3.05) is 35.5 Å². The first kappa shape index (κ1) is 36.4. The minimum Gasteiger partial charge on any atom is -0.377 e. The number of hydrogen-bond donors (Lipinski definition) is 1. The molecule has 2 N–H and O–H groups in total. The lowest BCUT2D eigenvalue weighted by Gasteiger charge is -2.31. The number of ether oxygens (including phenoxy) is 2. The van der Waals surface area contributed by atoms with Gasteiger partial charge < -0.3 is 22.8 Å². The van der Waals surface area contributed by atoms with E-state index in [2.05, 4.69) is 6.92 Å². The van der Waals surface area contributed by atoms with E-state index < -0.39 is 14.7 Å². The van der Waals surface area contributed by atoms with E-state index in [1.807, 2.05) is 0 Å². The highest BCUT2D eigenvalue weighted by molar-refractivity contribution is 6.60. The summed E-state index contributed by atoms with van der Waals surface area (Å²) < 4.78 is 27.6. The molecular formula is C26H58ClNO5Si. The molecule has 1 unspecified atom stereocenters. The largest absolute Gasteiger partial charge is 0.500 e. The number of halogens is 1. The van der Waals surface area contributed by atoms with Crippen molar-refractivity contribution in [2.24, 2.45) is 11.7 Å². The molecule has 8 heteroatoms. The van der Waals surface area contributed by atoms with Gasteiger partial charge in [0, 0.05) is 48.0 Å². The molecule has 0 aromatic heterocycles. The van der Waals surface area contributed by atoms with Gasteiger partial charge in [0.15, 0.2) is 0 Å². The Labute approximate surface area is 219 Å². The SMILES string of the molecule is CCCCCCCCCCCCCCCC(CCC[Si](OC)(OC)OC)CC(N)(OC)OC.Cl. The summed E-state index contributed by atoms with van der Waals surface area (Å²) in [6.07, 6.45) is 21.7. The van der Waals surface area contributed by atoms with Crippen molar-refractivity contribution < 1.29 is 22.8 Å². The van der Waals surface area contributed by atoms with Crippen LogP contribution in [0, 0.1) is 5.92 Å². The van der Waals surface area contributed by atoms with Crippen molar-refractivity contribution in [3.05, 3.63) is 0 Å². The van der Waals surface area contributed by atoms with Crippen LogP contribution in [0.3, 0.4) is 0 Å². The Kier molecular flexibility index (Phi) is 25.3. The minimum atomic E-state index is -2.53. The second-order valence-corrected chi connectivity index (χ2v) is 12.6. The summed E-state index contributed by atoms with van der Waals surface area (Å²) in [5, 5.41) is 0. The van der Waals surface area contributed by atoms with E-state index in [0.717, 1.165) is 25.3 Å². The predicted molar refractivity (Wildman–Crippen MR) is 147 cm³/mol. The molecule has 0 amide bonds. The number of hydrogen-bond acceptors (Lipinski definition) is 6. The Morgan fingerprint density at radius 2 is 1.00 bits per heavy atom. The lowest BCUT2D eigenvalue weighted by Crippen LogP contribution is -2.45. The van der Waals surface area contributed by atoms with Crippen molar-refractivity contribution in [1.29, 1.82) is 0 Å². The van der Waals surface area contributed by atoms with Crippen LogP contribution in [0.25, 0.3) is 0 Å². The molecule has 0 saturated heterocycles. The summed E-state index contributed by atoms with van der Waals surface area (Å²) in [6.45, 7) is 2.28. The van der Waals surface area contributed by atoms with Gasteiger partial charge in [0.25, 0.3) is 0 Å². The van der Waals surface area contributed by atoms with Crippen LogP contribution in [0.15, 0.2) is 0 Å². The summed E-state index contributed by atoms with van der Waals surface area (Å²) in [7, 11) is 5.72. The van der Waals surface area contributed by atoms with Crippen LogP contribution in [0.5, 0.6) is 0 Å². The molecule has 208 valence electrons. The van der Waals surface area contributed by atoms with Crippen LogP contribution in [0.2, 0.25) is 6.04 Å². The quantitative estimate of drug-likeness (QED) is 0.0754. The molecule has 34 heavy (non-hydrogen) atoms. The van der Waals surface area contributed by atoms with Crippen molar-refractivity contribution in [1.82, 2.24) is 0 Å². The molecule has 0 saturated carbocycles. The maximum atomic E-state index is 6.27. The molecule has 0 aromatic carbocycles. The predicted octanol–water partition coefficient (Wildman–Crippen LogP) is 7.46. The van der Waals surface area contributed by atoms with E-state index in [4.69, 9.17) is 28.5 Å². The van der Waals surface area contributed by atoms with Crippen molar-refractivity contribution in [2.45, 2.75) is 128 Å². The summed E-state index contributed by atoms with van der Waals surface area (Å²) in [6, 6.07) is 0.809. The summed E-state index contributed by atoms with van der Waals surface area (Å²) >= 11 is 0. The van der Waals surface area contributed by atoms with Gasteiger partial charge in [0.2, 0.25) is 5.91 Å². The number of rotatable bonds is 25. The Morgan fingerprint density at radius 3 is 1.38 bits per heavy atom. The molecule has 0 radical (unpaired) electrons. The molecule has 1 atom stereocenters. The van der Waals surface area contributed by atoms with Gasteiger partial charge in [0.05, 0.1) is 0 Å². The van der Waals surface area contributed by atoms with E-state index in [9.17, 15) is 0 Å². The normalized spacial score (nSPS) is 13.1. The first-order chi connectivity index (χ1) is 15.9. The summed E-state index contributed by atoms with van der Waals surface area (Å²) in [5.41, 5.74) is 6.27. The van der Waals surface area contributed by atoms with Crippen LogP contribution < -0.4 is 5.73 Å². The summed E-state index contributed by atoms with van der Waals surface area (Å²) in [5.74, 6) is -0.570. The Bertz CT molecular complexity index is 418. The average Bonchev–Trinajstić information content (AvgIpc) is 2.84. The maximum absolute atomic E-state index is 6.27. The third kappa shape index (κ3) is 17.7. The van der Waals surface area contributed by atoms with Gasteiger partial charge in [-0.1, -0.05) is 103 Å². The second kappa shape index (κ2) is 23.7. The molecule has 0 aliphatic carbocycles. The molecule has 0 bridgehead atoms. The first-order valence-corrected chi connectivity index (χ1v) is 15.4. The monoisotopic (exact) mass is 527 g/mol. The molecule has 0 fully saturated rings. The average molecular weight is 528 g/mol. The highest BCUT2D eigenvalue weighted by Crippen LogP contribution is 2.28. The zero-order valence-corrected chi connectivity index (χ0v) is 25.1. The van der Waals surface area contributed by atoms with Crippen molar-refractivity contribution in [3.8, 4) is 0 Å². The first-order valence-electron chi connectivity index (χ1n) is 13.5. The van der Waals surface area contributed by atoms with Gasteiger partial charge in [-0.3, -0.25) is 5.73 Å². The Balaban J connectivity index is 0. The molecule has 0 aliphatic rings. The number of unbranched alkanes of at least 4 members (excludes halogenated alkanes) is 12. The van der Waals surface area contributed by atoms with Gasteiger partial charge in [0.1, 0.15) is 0 Å². The second-order valence-electron chi connectivity index (χ2n) is 9.51. The molecule has 0 aliphatic heterocycles. The van der Waals surface area contributed by atoms with Crippen LogP contribution in [0.1, 0.15) is 116 Å². The van der Waals surface area contributed by atoms with Crippen molar-refractivity contribution in [3.63, 3.8) is 0 Å². The fourth-order valence-corrected chi connectivity index (χ4v) is 6.36. The van der Waals surface area contributed by atoms with E-state index in [1.54, 1.807) is 35.5 Å². The van der Waals surface area contributed by atoms with Gasteiger partial charge >= 0.3 is 8.80 Å². The van der Waals surface area contributed by atoms with Crippen LogP contribution in [-0.4, -0.2) is 50.3 Å². The van der Waals surface area contributed by atoms with E-state index >= 15 is 0 Å². The lowest BCUT2D eigenvalue weighted by atomic mass is 9.91. The van der Waals surface area contributed by atoms with Gasteiger partial charge in [-0.25, -0.2) is 0 Å². The fourth-order valence-electron chi connectivity index (χ4n) is 4.62. The topological polar surface area (TPSA) is 72.2 Å². The minimum absolute atomic E-state index is 0. The maximum Gasteiger partial charge on any atom is 0.500 e. The third-order valence-electron chi connectivity index (χ3n) is 7.01. The molecule has 0 aromatic rings. The fraction of sp³-hybridized carbons (Fsp3) is 1.00. The highest BCUT2D eigenvalue weighted by atomic mass is 35.5. The number of nitrogens with two attached hydrogens (primary N) is 1. The summed E-state index contributed by atoms with van der Waals surface area (Å²) in [4.78, 5) is 0. The van der Waals surface area contributed by atoms with E-state index in [-0.39, 0.29) is 12.4 Å². The smallest absolute Gasteiger partial charge is 0.377 e. The third-order valence-corrected chi connectivity index (χ3v) is 9.84. The molecular weight excluding hydrogens is 470 g/mol. The van der Waals surface area contributed by atoms with Gasteiger partial charge in [-0.2, -0.15) is 0 Å². The zero-order valence-electron chi connectivity index (χ0n) is 23.3. The molecule has 6 nitrogen and oxygen atoms in total. The van der Waals surface area contributed by atoms with E-state index in [1.165, 1.54) is 83.5 Å². The van der Waals surface area contributed by atoms with Gasteiger partial charge in [-0.05, 0) is 12.3 Å². The molecule has 0 heterocycles.